The molecule has 1 aromatic carbocycles. The molecule has 0 bridgehead atoms. The van der Waals surface area contributed by atoms with E-state index in [1.807, 2.05) is 31.2 Å². The van der Waals surface area contributed by atoms with Gasteiger partial charge in [0.05, 0.1) is 0 Å². The van der Waals surface area contributed by atoms with E-state index in [-0.39, 0.29) is 23.8 Å². The van der Waals surface area contributed by atoms with Crippen molar-refractivity contribution in [3.63, 3.8) is 0 Å². The molecule has 1 saturated heterocycles. The van der Waals surface area contributed by atoms with Crippen molar-refractivity contribution >= 4 is 17.6 Å². The molecule has 0 saturated carbocycles. The first-order chi connectivity index (χ1) is 11.4. The molecule has 3 amide bonds. The molecule has 2 rings (SSSR count). The summed E-state index contributed by atoms with van der Waals surface area (Å²) in [6, 6.07) is 5.16. The van der Waals surface area contributed by atoms with Crippen molar-refractivity contribution < 1.29 is 9.59 Å². The number of para-hydroxylation sites is 1. The maximum atomic E-state index is 12.5. The van der Waals surface area contributed by atoms with Crippen molar-refractivity contribution in [3.8, 4) is 0 Å². The second-order valence-electron chi connectivity index (χ2n) is 6.66. The number of rotatable bonds is 5. The van der Waals surface area contributed by atoms with Gasteiger partial charge in [-0.15, -0.1) is 6.58 Å². The molecule has 0 spiro atoms. The van der Waals surface area contributed by atoms with E-state index in [0.717, 1.165) is 23.2 Å². The third-order valence-corrected chi connectivity index (χ3v) is 4.44. The molecule has 1 aliphatic heterocycles. The molecular formula is C19H27N3O2. The number of allylic oxidation sites excluding steroid dienone is 1. The fraction of sp³-hybridized carbons (Fsp3) is 0.474. The van der Waals surface area contributed by atoms with Crippen LogP contribution >= 0.6 is 0 Å². The number of anilines is 1. The molecule has 24 heavy (non-hydrogen) atoms. The summed E-state index contributed by atoms with van der Waals surface area (Å²) in [5.41, 5.74) is 2.91. The van der Waals surface area contributed by atoms with Crippen LogP contribution in [0.3, 0.4) is 0 Å². The summed E-state index contributed by atoms with van der Waals surface area (Å²) in [5.74, 6) is 0.284. The molecule has 0 aliphatic carbocycles. The van der Waals surface area contributed by atoms with E-state index in [9.17, 15) is 9.59 Å². The van der Waals surface area contributed by atoms with Crippen LogP contribution in [0.5, 0.6) is 0 Å². The van der Waals surface area contributed by atoms with Crippen LogP contribution < -0.4 is 16.0 Å². The van der Waals surface area contributed by atoms with Gasteiger partial charge in [-0.25, -0.2) is 4.79 Å². The first kappa shape index (κ1) is 18.0. The van der Waals surface area contributed by atoms with Gasteiger partial charge in [-0.2, -0.15) is 0 Å². The van der Waals surface area contributed by atoms with Crippen molar-refractivity contribution in [1.29, 1.82) is 0 Å². The van der Waals surface area contributed by atoms with E-state index in [1.165, 1.54) is 0 Å². The number of hydrogen-bond acceptors (Lipinski definition) is 2. The Labute approximate surface area is 143 Å². The van der Waals surface area contributed by atoms with Crippen LogP contribution in [0.15, 0.2) is 30.9 Å². The monoisotopic (exact) mass is 329 g/mol. The van der Waals surface area contributed by atoms with Crippen LogP contribution in [-0.4, -0.2) is 24.5 Å². The van der Waals surface area contributed by atoms with E-state index in [2.05, 4.69) is 36.4 Å². The fourth-order valence-electron chi connectivity index (χ4n) is 3.04. The Bertz CT molecular complexity index is 625. The highest BCUT2D eigenvalue weighted by molar-refractivity contribution is 5.95. The predicted octanol–water partition coefficient (Wildman–Crippen LogP) is 3.18. The van der Waals surface area contributed by atoms with Crippen LogP contribution in [0.1, 0.15) is 44.2 Å². The Morgan fingerprint density at radius 3 is 2.83 bits per heavy atom. The van der Waals surface area contributed by atoms with Gasteiger partial charge in [0.15, 0.2) is 0 Å². The molecular weight excluding hydrogens is 302 g/mol. The van der Waals surface area contributed by atoms with Gasteiger partial charge in [-0.3, -0.25) is 4.79 Å². The second-order valence-corrected chi connectivity index (χ2v) is 6.66. The lowest BCUT2D eigenvalue weighted by atomic mass is 9.94. The molecule has 2 atom stereocenters. The van der Waals surface area contributed by atoms with Gasteiger partial charge in [0.2, 0.25) is 5.91 Å². The van der Waals surface area contributed by atoms with Crippen LogP contribution in [0, 0.1) is 5.92 Å². The van der Waals surface area contributed by atoms with Gasteiger partial charge >= 0.3 is 6.03 Å². The molecule has 1 heterocycles. The van der Waals surface area contributed by atoms with Crippen LogP contribution in [-0.2, 0) is 11.2 Å². The van der Waals surface area contributed by atoms with Crippen molar-refractivity contribution in [2.45, 2.75) is 45.6 Å². The minimum Gasteiger partial charge on any atom is -0.354 e. The van der Waals surface area contributed by atoms with Crippen LogP contribution in [0.4, 0.5) is 10.5 Å². The van der Waals surface area contributed by atoms with Crippen molar-refractivity contribution in [2.75, 3.05) is 11.9 Å². The lowest BCUT2D eigenvalue weighted by Gasteiger charge is -2.29. The van der Waals surface area contributed by atoms with E-state index >= 15 is 0 Å². The molecule has 1 aromatic rings. The Hall–Kier alpha value is -2.30. The zero-order chi connectivity index (χ0) is 17.7. The van der Waals surface area contributed by atoms with E-state index in [4.69, 9.17) is 0 Å². The zero-order valence-electron chi connectivity index (χ0n) is 14.7. The van der Waals surface area contributed by atoms with Gasteiger partial charge in [-0.1, -0.05) is 45.0 Å². The molecule has 1 fully saturated rings. The summed E-state index contributed by atoms with van der Waals surface area (Å²) in [7, 11) is 0. The minimum atomic E-state index is -0.493. The van der Waals surface area contributed by atoms with Gasteiger partial charge in [0.25, 0.3) is 0 Å². The predicted molar refractivity (Wildman–Crippen MR) is 97.2 cm³/mol. The van der Waals surface area contributed by atoms with E-state index < -0.39 is 6.04 Å². The Balaban J connectivity index is 2.18. The van der Waals surface area contributed by atoms with Gasteiger partial charge < -0.3 is 16.0 Å². The third-order valence-electron chi connectivity index (χ3n) is 4.44. The molecule has 130 valence electrons. The minimum absolute atomic E-state index is 0.118. The number of carbonyl (C=O) groups is 2. The summed E-state index contributed by atoms with van der Waals surface area (Å²) in [6.45, 7) is 10.6. The lowest BCUT2D eigenvalue weighted by molar-refractivity contribution is -0.125. The number of hydrogen-bond donors (Lipinski definition) is 3. The highest BCUT2D eigenvalue weighted by atomic mass is 16.2. The molecule has 5 nitrogen and oxygen atoms in total. The van der Waals surface area contributed by atoms with Crippen molar-refractivity contribution in [3.05, 3.63) is 42.0 Å². The quantitative estimate of drug-likeness (QED) is 0.726. The Kier molecular flexibility index (Phi) is 6.01. The fourth-order valence-corrected chi connectivity index (χ4v) is 3.04. The Morgan fingerprint density at radius 1 is 1.46 bits per heavy atom. The molecule has 0 unspecified atom stereocenters. The SMILES string of the molecule is C=CCc1cccc(C(C)C)c1NC(=O)N[C@H]1C(=O)NCC[C@@H]1C. The standard InChI is InChI=1S/C19H27N3O2/c1-5-7-14-8-6-9-15(12(2)3)17(14)22-19(24)21-16-13(4)10-11-20-18(16)23/h5-6,8-9,12-13,16H,1,7,10-11H2,2-4H3,(H,20,23)(H2,21,22,24)/t13-,16+/m0/s1. The number of carbonyl (C=O) groups excluding carboxylic acids is 2. The number of benzene rings is 1. The van der Waals surface area contributed by atoms with Crippen LogP contribution in [0.25, 0.3) is 0 Å². The average molecular weight is 329 g/mol. The topological polar surface area (TPSA) is 70.2 Å². The zero-order valence-corrected chi connectivity index (χ0v) is 14.7. The molecule has 5 heteroatoms. The summed E-state index contributed by atoms with van der Waals surface area (Å²) in [6.07, 6.45) is 3.36. The molecule has 3 N–H and O–H groups in total. The van der Waals surface area contributed by atoms with Crippen LogP contribution in [0.2, 0.25) is 0 Å². The molecule has 0 aromatic heterocycles. The lowest BCUT2D eigenvalue weighted by Crippen LogP contribution is -2.55. The smallest absolute Gasteiger partial charge is 0.319 e. The Morgan fingerprint density at radius 2 is 2.21 bits per heavy atom. The van der Waals surface area contributed by atoms with Crippen molar-refractivity contribution in [2.24, 2.45) is 5.92 Å². The number of nitrogens with one attached hydrogen (secondary N) is 3. The van der Waals surface area contributed by atoms with Crippen molar-refractivity contribution in [1.82, 2.24) is 10.6 Å². The van der Waals surface area contributed by atoms with E-state index in [0.29, 0.717) is 13.0 Å². The largest absolute Gasteiger partial charge is 0.354 e. The number of amides is 3. The number of piperidine rings is 1. The van der Waals surface area contributed by atoms with Gasteiger partial charge in [-0.05, 0) is 35.8 Å². The second kappa shape index (κ2) is 7.99. The molecule has 1 aliphatic rings. The van der Waals surface area contributed by atoms with E-state index in [1.54, 1.807) is 0 Å². The molecule has 0 radical (unpaired) electrons. The average Bonchev–Trinajstić information content (AvgIpc) is 2.52. The maximum absolute atomic E-state index is 12.5. The van der Waals surface area contributed by atoms with Gasteiger partial charge in [0.1, 0.15) is 6.04 Å². The first-order valence-electron chi connectivity index (χ1n) is 8.52. The maximum Gasteiger partial charge on any atom is 0.319 e. The normalized spacial score (nSPS) is 20.4. The van der Waals surface area contributed by atoms with Gasteiger partial charge in [0, 0.05) is 12.2 Å². The first-order valence-corrected chi connectivity index (χ1v) is 8.52. The summed E-state index contributed by atoms with van der Waals surface area (Å²) < 4.78 is 0. The highest BCUT2D eigenvalue weighted by Crippen LogP contribution is 2.28. The summed E-state index contributed by atoms with van der Waals surface area (Å²) in [4.78, 5) is 24.4. The third kappa shape index (κ3) is 4.16. The summed E-state index contributed by atoms with van der Waals surface area (Å²) in [5, 5.41) is 8.57. The highest BCUT2D eigenvalue weighted by Gasteiger charge is 2.30. The number of urea groups is 1. The summed E-state index contributed by atoms with van der Waals surface area (Å²) >= 11 is 0.